The van der Waals surface area contributed by atoms with Crippen LogP contribution in [0.3, 0.4) is 0 Å². The molecule has 1 fully saturated rings. The van der Waals surface area contributed by atoms with Gasteiger partial charge < -0.3 is 5.73 Å². The molecule has 2 rings (SSSR count). The van der Waals surface area contributed by atoms with Crippen molar-refractivity contribution in [1.82, 2.24) is 14.5 Å². The largest absolute Gasteiger partial charge is 0.381 e. The lowest BCUT2D eigenvalue weighted by atomic mass is 9.74. The summed E-state index contributed by atoms with van der Waals surface area (Å²) < 4.78 is 29.5. The van der Waals surface area contributed by atoms with Crippen LogP contribution in [0.15, 0.2) is 4.90 Å². The number of rotatable bonds is 3. The molecular formula is C13H24N4O2S. The second-order valence-corrected chi connectivity index (χ2v) is 7.98. The molecule has 7 heteroatoms. The maximum Gasteiger partial charge on any atom is 0.246 e. The van der Waals surface area contributed by atoms with E-state index in [0.29, 0.717) is 5.69 Å². The Morgan fingerprint density at radius 1 is 1.40 bits per heavy atom. The Bertz CT molecular complexity index is 604. The van der Waals surface area contributed by atoms with Crippen LogP contribution in [0.25, 0.3) is 0 Å². The molecule has 0 spiro atoms. The maximum atomic E-state index is 12.6. The molecule has 1 aliphatic carbocycles. The topological polar surface area (TPSA) is 90.0 Å². The first-order valence-corrected chi connectivity index (χ1v) is 8.45. The molecule has 3 N–H and O–H groups in total. The lowest BCUT2D eigenvalue weighted by Gasteiger charge is -2.38. The summed E-state index contributed by atoms with van der Waals surface area (Å²) in [5.41, 5.74) is 6.28. The van der Waals surface area contributed by atoms with Gasteiger partial charge in [-0.3, -0.25) is 4.68 Å². The predicted octanol–water partition coefficient (Wildman–Crippen LogP) is 1.56. The minimum atomic E-state index is -3.63. The molecule has 20 heavy (non-hydrogen) atoms. The maximum absolute atomic E-state index is 12.6. The number of aryl methyl sites for hydroxylation is 1. The van der Waals surface area contributed by atoms with Gasteiger partial charge in [0.05, 0.1) is 5.69 Å². The van der Waals surface area contributed by atoms with E-state index in [9.17, 15) is 8.42 Å². The Kier molecular flexibility index (Phi) is 3.85. The smallest absolute Gasteiger partial charge is 0.246 e. The second-order valence-electron chi connectivity index (χ2n) is 6.33. The lowest BCUT2D eigenvalue weighted by molar-refractivity contribution is 0.188. The number of hydrogen-bond donors (Lipinski definition) is 2. The van der Waals surface area contributed by atoms with E-state index in [1.807, 2.05) is 0 Å². The summed E-state index contributed by atoms with van der Waals surface area (Å²) in [5, 5.41) is 3.98. The van der Waals surface area contributed by atoms with Gasteiger partial charge in [-0.1, -0.05) is 26.7 Å². The summed E-state index contributed by atoms with van der Waals surface area (Å²) in [4.78, 5) is 0.112. The Balaban J connectivity index is 2.32. The summed E-state index contributed by atoms with van der Waals surface area (Å²) in [7, 11) is -1.94. The van der Waals surface area contributed by atoms with Gasteiger partial charge in [0.1, 0.15) is 4.90 Å². The van der Waals surface area contributed by atoms with Crippen molar-refractivity contribution in [3.05, 3.63) is 5.69 Å². The minimum Gasteiger partial charge on any atom is -0.381 e. The van der Waals surface area contributed by atoms with Gasteiger partial charge in [0, 0.05) is 13.1 Å². The highest BCUT2D eigenvalue weighted by molar-refractivity contribution is 7.89. The van der Waals surface area contributed by atoms with Crippen LogP contribution < -0.4 is 10.5 Å². The number of sulfonamides is 1. The van der Waals surface area contributed by atoms with E-state index in [1.54, 1.807) is 14.0 Å². The van der Waals surface area contributed by atoms with Crippen molar-refractivity contribution >= 4 is 15.8 Å². The Morgan fingerprint density at radius 3 is 2.55 bits per heavy atom. The van der Waals surface area contributed by atoms with Crippen molar-refractivity contribution in [3.8, 4) is 0 Å². The third-order valence-corrected chi connectivity index (χ3v) is 6.01. The molecule has 0 saturated heterocycles. The van der Waals surface area contributed by atoms with Crippen molar-refractivity contribution in [2.24, 2.45) is 12.5 Å². The average Bonchev–Trinajstić information content (AvgIpc) is 2.56. The van der Waals surface area contributed by atoms with Crippen LogP contribution in [0.2, 0.25) is 0 Å². The summed E-state index contributed by atoms with van der Waals surface area (Å²) in [6, 6.07) is -0.0553. The highest BCUT2D eigenvalue weighted by atomic mass is 32.2. The molecule has 0 aliphatic heterocycles. The van der Waals surface area contributed by atoms with Gasteiger partial charge >= 0.3 is 0 Å². The third kappa shape index (κ3) is 2.69. The third-order valence-electron chi connectivity index (χ3n) is 4.38. The summed E-state index contributed by atoms with van der Waals surface area (Å²) in [6.45, 7) is 5.93. The summed E-state index contributed by atoms with van der Waals surface area (Å²) in [6.07, 6.45) is 4.10. The van der Waals surface area contributed by atoms with Crippen molar-refractivity contribution in [1.29, 1.82) is 0 Å². The van der Waals surface area contributed by atoms with Crippen LogP contribution in [0, 0.1) is 12.3 Å². The van der Waals surface area contributed by atoms with Crippen molar-refractivity contribution in [2.45, 2.75) is 57.4 Å². The first kappa shape index (κ1) is 15.3. The van der Waals surface area contributed by atoms with Gasteiger partial charge in [0.25, 0.3) is 0 Å². The van der Waals surface area contributed by atoms with Gasteiger partial charge in [-0.25, -0.2) is 13.1 Å². The van der Waals surface area contributed by atoms with E-state index in [-0.39, 0.29) is 22.2 Å². The lowest BCUT2D eigenvalue weighted by Crippen LogP contribution is -2.46. The first-order chi connectivity index (χ1) is 9.15. The first-order valence-electron chi connectivity index (χ1n) is 6.96. The molecule has 1 unspecified atom stereocenters. The molecule has 0 aromatic carbocycles. The molecule has 1 aliphatic rings. The predicted molar refractivity (Wildman–Crippen MR) is 78.7 cm³/mol. The van der Waals surface area contributed by atoms with Crippen molar-refractivity contribution in [2.75, 3.05) is 5.73 Å². The highest BCUT2D eigenvalue weighted by Gasteiger charge is 2.36. The van der Waals surface area contributed by atoms with Crippen LogP contribution in [-0.2, 0) is 17.1 Å². The molecule has 1 atom stereocenters. The Morgan fingerprint density at radius 2 is 2.05 bits per heavy atom. The molecule has 1 heterocycles. The van der Waals surface area contributed by atoms with Crippen LogP contribution in [0.4, 0.5) is 5.82 Å². The number of hydrogen-bond acceptors (Lipinski definition) is 4. The normalized spacial score (nSPS) is 22.9. The zero-order valence-electron chi connectivity index (χ0n) is 12.6. The molecule has 1 aromatic rings. The van der Waals surface area contributed by atoms with E-state index in [4.69, 9.17) is 5.73 Å². The summed E-state index contributed by atoms with van der Waals surface area (Å²) >= 11 is 0. The van der Waals surface area contributed by atoms with Gasteiger partial charge in [-0.05, 0) is 25.2 Å². The van der Waals surface area contributed by atoms with Crippen LogP contribution in [-0.4, -0.2) is 24.2 Å². The number of nitrogens with one attached hydrogen (secondary N) is 1. The number of nitrogens with two attached hydrogens (primary N) is 1. The molecule has 0 bridgehead atoms. The average molecular weight is 300 g/mol. The van der Waals surface area contributed by atoms with Gasteiger partial charge in [-0.15, -0.1) is 0 Å². The number of nitrogens with zero attached hydrogens (tertiary/aromatic N) is 2. The van der Waals surface area contributed by atoms with Crippen LogP contribution >= 0.6 is 0 Å². The van der Waals surface area contributed by atoms with E-state index in [1.165, 1.54) is 4.68 Å². The minimum absolute atomic E-state index is 0.0316. The van der Waals surface area contributed by atoms with Crippen LogP contribution in [0.1, 0.15) is 45.2 Å². The second kappa shape index (κ2) is 5.04. The van der Waals surface area contributed by atoms with Crippen molar-refractivity contribution < 1.29 is 8.42 Å². The van der Waals surface area contributed by atoms with Gasteiger partial charge in [0.15, 0.2) is 5.82 Å². The molecule has 0 radical (unpaired) electrons. The fourth-order valence-corrected chi connectivity index (χ4v) is 4.67. The fourth-order valence-electron chi connectivity index (χ4n) is 2.91. The zero-order chi connectivity index (χ0) is 15.1. The van der Waals surface area contributed by atoms with Gasteiger partial charge in [-0.2, -0.15) is 5.10 Å². The van der Waals surface area contributed by atoms with Gasteiger partial charge in [0.2, 0.25) is 10.0 Å². The summed E-state index contributed by atoms with van der Waals surface area (Å²) in [5.74, 6) is 0.0612. The number of nitrogen functional groups attached to an aromatic ring is 1. The van der Waals surface area contributed by atoms with Crippen molar-refractivity contribution in [3.63, 3.8) is 0 Å². The van der Waals surface area contributed by atoms with E-state index in [0.717, 1.165) is 25.7 Å². The zero-order valence-corrected chi connectivity index (χ0v) is 13.4. The SMILES string of the molecule is Cc1c(S(=O)(=O)NC2CCCCC2(C)C)c(N)nn1C. The van der Waals surface area contributed by atoms with E-state index < -0.39 is 10.0 Å². The van der Waals surface area contributed by atoms with E-state index in [2.05, 4.69) is 23.7 Å². The van der Waals surface area contributed by atoms with E-state index >= 15 is 0 Å². The monoisotopic (exact) mass is 300 g/mol. The fraction of sp³-hybridized carbons (Fsp3) is 0.769. The molecule has 114 valence electrons. The quantitative estimate of drug-likeness (QED) is 0.886. The molecule has 1 aromatic heterocycles. The molecule has 1 saturated carbocycles. The number of aromatic nitrogens is 2. The molecule has 0 amide bonds. The standard InChI is InChI=1S/C13H24N4O2S/c1-9-11(12(14)15-17(9)4)20(18,19)16-10-7-5-6-8-13(10,2)3/h10,16H,5-8H2,1-4H3,(H2,14,15). The molecule has 6 nitrogen and oxygen atoms in total. The molecular weight excluding hydrogens is 276 g/mol. The van der Waals surface area contributed by atoms with Crippen LogP contribution in [0.5, 0.6) is 0 Å². The Hall–Kier alpha value is -1.08. The highest BCUT2D eigenvalue weighted by Crippen LogP contribution is 2.36. The number of anilines is 1. The Labute approximate surface area is 120 Å².